The van der Waals surface area contributed by atoms with Gasteiger partial charge in [-0.1, -0.05) is 18.1 Å². The van der Waals surface area contributed by atoms with Crippen LogP contribution in [0.15, 0.2) is 66.1 Å². The third kappa shape index (κ3) is 5.89. The molecule has 0 saturated carbocycles. The zero-order valence-corrected chi connectivity index (χ0v) is 14.3. The summed E-state index contributed by atoms with van der Waals surface area (Å²) in [5.41, 5.74) is 1.93. The van der Waals surface area contributed by atoms with Crippen molar-refractivity contribution in [3.63, 3.8) is 0 Å². The summed E-state index contributed by atoms with van der Waals surface area (Å²) in [6.45, 7) is 0. The van der Waals surface area contributed by atoms with E-state index in [0.717, 1.165) is 19.3 Å². The standard InChI is InChI=1S/C20H16F3N3O/c21-20(22,23)27-19-11-9-18(10-12-19)26-15-16(14-25-26)7-8-17-6-4-2-1-3-5-13-24-17/h4-6,9-15H,1-3H2/b6-4?,13-5-,24-17?. The van der Waals surface area contributed by atoms with Gasteiger partial charge >= 0.3 is 6.36 Å². The summed E-state index contributed by atoms with van der Waals surface area (Å²) in [7, 11) is 0. The number of nitrogens with zero attached hydrogens (tertiary/aromatic N) is 3. The van der Waals surface area contributed by atoms with Crippen molar-refractivity contribution in [1.29, 1.82) is 0 Å². The number of alkyl halides is 3. The van der Waals surface area contributed by atoms with Gasteiger partial charge in [-0.3, -0.25) is 0 Å². The van der Waals surface area contributed by atoms with Gasteiger partial charge in [0.25, 0.3) is 0 Å². The van der Waals surface area contributed by atoms with Crippen LogP contribution in [0.4, 0.5) is 13.2 Å². The van der Waals surface area contributed by atoms with E-state index in [9.17, 15) is 13.2 Å². The Morgan fingerprint density at radius 1 is 1.04 bits per heavy atom. The quantitative estimate of drug-likeness (QED) is 0.710. The van der Waals surface area contributed by atoms with Crippen molar-refractivity contribution in [2.75, 3.05) is 0 Å². The lowest BCUT2D eigenvalue weighted by Gasteiger charge is -2.09. The minimum atomic E-state index is -4.71. The molecule has 0 saturated heterocycles. The third-order valence-electron chi connectivity index (χ3n) is 3.59. The highest BCUT2D eigenvalue weighted by Crippen LogP contribution is 2.23. The van der Waals surface area contributed by atoms with E-state index in [4.69, 9.17) is 0 Å². The first-order valence-corrected chi connectivity index (χ1v) is 8.32. The van der Waals surface area contributed by atoms with Crippen LogP contribution in [0.2, 0.25) is 0 Å². The number of aromatic nitrogens is 2. The lowest BCUT2D eigenvalue weighted by Crippen LogP contribution is -2.17. The van der Waals surface area contributed by atoms with E-state index < -0.39 is 6.36 Å². The average Bonchev–Trinajstić information content (AvgIpc) is 3.12. The predicted molar refractivity (Wildman–Crippen MR) is 96.7 cm³/mol. The lowest BCUT2D eigenvalue weighted by atomic mass is 10.2. The molecular weight excluding hydrogens is 355 g/mol. The summed E-state index contributed by atoms with van der Waals surface area (Å²) in [4.78, 5) is 4.30. The SMILES string of the molecule is FC(F)(F)Oc1ccc(-n2cc(C#CC3=N/C=C\CCCC=C3)cn2)cc1. The summed E-state index contributed by atoms with van der Waals surface area (Å²) >= 11 is 0. The van der Waals surface area contributed by atoms with Crippen LogP contribution in [-0.4, -0.2) is 21.9 Å². The van der Waals surface area contributed by atoms with E-state index in [0.29, 0.717) is 17.0 Å². The molecule has 3 rings (SSSR count). The Balaban J connectivity index is 1.73. The van der Waals surface area contributed by atoms with Crippen LogP contribution in [0.3, 0.4) is 0 Å². The van der Waals surface area contributed by atoms with Gasteiger partial charge in [0.15, 0.2) is 0 Å². The number of hydrogen-bond acceptors (Lipinski definition) is 3. The molecule has 0 N–H and O–H groups in total. The second kappa shape index (κ2) is 8.41. The van der Waals surface area contributed by atoms with Crippen molar-refractivity contribution in [2.45, 2.75) is 25.6 Å². The Morgan fingerprint density at radius 3 is 2.59 bits per heavy atom. The maximum absolute atomic E-state index is 12.2. The number of benzene rings is 1. The second-order valence-corrected chi connectivity index (χ2v) is 5.70. The predicted octanol–water partition coefficient (Wildman–Crippen LogP) is 4.82. The molecule has 1 aromatic heterocycles. The number of allylic oxidation sites excluding steroid dienone is 3. The Morgan fingerprint density at radius 2 is 1.81 bits per heavy atom. The summed E-state index contributed by atoms with van der Waals surface area (Å²) in [5.74, 6) is 5.71. The molecule has 0 spiro atoms. The van der Waals surface area contributed by atoms with Crippen LogP contribution in [-0.2, 0) is 0 Å². The van der Waals surface area contributed by atoms with Gasteiger partial charge in [-0.2, -0.15) is 5.10 Å². The van der Waals surface area contributed by atoms with Gasteiger partial charge in [-0.05, 0) is 55.5 Å². The van der Waals surface area contributed by atoms with E-state index >= 15 is 0 Å². The fraction of sp³-hybridized carbons (Fsp3) is 0.200. The smallest absolute Gasteiger partial charge is 0.406 e. The molecule has 0 unspecified atom stereocenters. The monoisotopic (exact) mass is 371 g/mol. The van der Waals surface area contributed by atoms with Gasteiger partial charge in [-0.25, -0.2) is 9.67 Å². The molecule has 0 fully saturated rings. The van der Waals surface area contributed by atoms with Crippen LogP contribution in [0.25, 0.3) is 5.69 Å². The molecule has 7 heteroatoms. The molecule has 138 valence electrons. The van der Waals surface area contributed by atoms with Crippen LogP contribution < -0.4 is 4.74 Å². The second-order valence-electron chi connectivity index (χ2n) is 5.70. The number of aliphatic imine (C=N–C) groups is 1. The topological polar surface area (TPSA) is 39.4 Å². The summed E-state index contributed by atoms with van der Waals surface area (Å²) < 4.78 is 42.0. The van der Waals surface area contributed by atoms with E-state index in [1.54, 1.807) is 18.6 Å². The van der Waals surface area contributed by atoms with Crippen molar-refractivity contribution in [1.82, 2.24) is 9.78 Å². The van der Waals surface area contributed by atoms with Crippen LogP contribution >= 0.6 is 0 Å². The first kappa shape index (κ1) is 18.5. The van der Waals surface area contributed by atoms with E-state index in [2.05, 4.69) is 32.7 Å². The fourth-order valence-corrected chi connectivity index (χ4v) is 2.34. The molecule has 27 heavy (non-hydrogen) atoms. The maximum atomic E-state index is 12.2. The van der Waals surface area contributed by atoms with Crippen molar-refractivity contribution >= 4 is 5.71 Å². The fourth-order valence-electron chi connectivity index (χ4n) is 2.34. The van der Waals surface area contributed by atoms with Crippen molar-refractivity contribution in [2.24, 2.45) is 4.99 Å². The number of rotatable bonds is 2. The van der Waals surface area contributed by atoms with Gasteiger partial charge in [0.05, 0.1) is 17.4 Å². The molecule has 2 heterocycles. The molecule has 1 aliphatic rings. The Labute approximate surface area is 154 Å². The van der Waals surface area contributed by atoms with Crippen LogP contribution in [0.5, 0.6) is 5.75 Å². The lowest BCUT2D eigenvalue weighted by molar-refractivity contribution is -0.274. The summed E-state index contributed by atoms with van der Waals surface area (Å²) in [6, 6.07) is 5.45. The number of halogens is 3. The van der Waals surface area contributed by atoms with Crippen LogP contribution in [0, 0.1) is 11.8 Å². The van der Waals surface area contributed by atoms with Crippen molar-refractivity contribution in [3.05, 3.63) is 66.7 Å². The number of ether oxygens (including phenoxy) is 1. The highest BCUT2D eigenvalue weighted by Gasteiger charge is 2.30. The zero-order chi connectivity index (χ0) is 19.1. The molecular formula is C20H16F3N3O. The molecule has 0 radical (unpaired) electrons. The molecule has 4 nitrogen and oxygen atoms in total. The van der Waals surface area contributed by atoms with Gasteiger partial charge in [0, 0.05) is 12.4 Å². The number of hydrogen-bond donors (Lipinski definition) is 0. The minimum Gasteiger partial charge on any atom is -0.406 e. The maximum Gasteiger partial charge on any atom is 0.573 e. The van der Waals surface area contributed by atoms with Gasteiger partial charge in [0.1, 0.15) is 11.5 Å². The van der Waals surface area contributed by atoms with E-state index in [1.807, 2.05) is 12.2 Å². The van der Waals surface area contributed by atoms with E-state index in [1.165, 1.54) is 28.9 Å². The minimum absolute atomic E-state index is 0.281. The van der Waals surface area contributed by atoms with Crippen LogP contribution in [0.1, 0.15) is 24.8 Å². The summed E-state index contributed by atoms with van der Waals surface area (Å²) in [5, 5.41) is 4.18. The zero-order valence-electron chi connectivity index (χ0n) is 14.3. The Bertz CT molecular complexity index is 926. The molecule has 0 atom stereocenters. The first-order chi connectivity index (χ1) is 13.0. The van der Waals surface area contributed by atoms with Gasteiger partial charge in [-0.15, -0.1) is 13.2 Å². The van der Waals surface area contributed by atoms with E-state index in [-0.39, 0.29) is 5.75 Å². The van der Waals surface area contributed by atoms with Gasteiger partial charge < -0.3 is 4.74 Å². The Kier molecular flexibility index (Phi) is 5.77. The molecule has 2 aromatic rings. The molecule has 1 aromatic carbocycles. The summed E-state index contributed by atoms with van der Waals surface area (Å²) in [6.07, 6.45) is 9.35. The average molecular weight is 371 g/mol. The largest absolute Gasteiger partial charge is 0.573 e. The molecule has 1 aliphatic heterocycles. The van der Waals surface area contributed by atoms with Crippen molar-refractivity contribution < 1.29 is 17.9 Å². The van der Waals surface area contributed by atoms with Crippen molar-refractivity contribution in [3.8, 4) is 23.3 Å². The first-order valence-electron chi connectivity index (χ1n) is 8.32. The third-order valence-corrected chi connectivity index (χ3v) is 3.59. The molecule has 0 bridgehead atoms. The highest BCUT2D eigenvalue weighted by atomic mass is 19.4. The van der Waals surface area contributed by atoms with Gasteiger partial charge in [0.2, 0.25) is 0 Å². The Hall–Kier alpha value is -3.27. The molecule has 0 amide bonds. The molecule has 0 aliphatic carbocycles. The highest BCUT2D eigenvalue weighted by molar-refractivity contribution is 6.09. The normalized spacial score (nSPS) is 15.6.